The summed E-state index contributed by atoms with van der Waals surface area (Å²) in [4.78, 5) is 25.7. The molecule has 6 nitrogen and oxygen atoms in total. The molecule has 4 rings (SSSR count). The summed E-state index contributed by atoms with van der Waals surface area (Å²) >= 11 is 0. The molecule has 0 bridgehead atoms. The molecule has 0 N–H and O–H groups in total. The second-order valence-electron chi connectivity index (χ2n) is 8.48. The van der Waals surface area contributed by atoms with Crippen LogP contribution in [0.1, 0.15) is 48.2 Å². The lowest BCUT2D eigenvalue weighted by Crippen LogP contribution is -2.53. The van der Waals surface area contributed by atoms with Gasteiger partial charge in [0.2, 0.25) is 5.91 Å². The van der Waals surface area contributed by atoms with E-state index in [1.807, 2.05) is 36.1 Å². The Hall–Kier alpha value is -2.78. The second kappa shape index (κ2) is 8.30. The van der Waals surface area contributed by atoms with Gasteiger partial charge >= 0.3 is 0 Å². The number of carbonyl (C=O) groups excluding carboxylic acids is 1. The average molecular weight is 390 g/mol. The predicted molar refractivity (Wildman–Crippen MR) is 110 cm³/mol. The summed E-state index contributed by atoms with van der Waals surface area (Å²) in [5.41, 5.74) is 3.70. The van der Waals surface area contributed by atoms with Gasteiger partial charge in [0.15, 0.2) is 0 Å². The van der Waals surface area contributed by atoms with E-state index in [0.29, 0.717) is 13.0 Å². The molecule has 6 heteroatoms. The molecule has 2 saturated heterocycles. The van der Waals surface area contributed by atoms with E-state index in [-0.39, 0.29) is 11.3 Å². The fourth-order valence-corrected chi connectivity index (χ4v) is 4.73. The van der Waals surface area contributed by atoms with Gasteiger partial charge in [0.1, 0.15) is 0 Å². The van der Waals surface area contributed by atoms with Gasteiger partial charge in [0, 0.05) is 37.7 Å². The van der Waals surface area contributed by atoms with Crippen LogP contribution in [0.4, 0.5) is 0 Å². The summed E-state index contributed by atoms with van der Waals surface area (Å²) in [6, 6.07) is 10.2. The van der Waals surface area contributed by atoms with Gasteiger partial charge in [-0.15, -0.1) is 0 Å². The number of hydrogen-bond donors (Lipinski definition) is 0. The van der Waals surface area contributed by atoms with Crippen molar-refractivity contribution in [2.75, 3.05) is 19.6 Å². The highest BCUT2D eigenvalue weighted by atomic mass is 16.2. The Morgan fingerprint density at radius 2 is 2.00 bits per heavy atom. The lowest BCUT2D eigenvalue weighted by molar-refractivity contribution is -0.140. The molecule has 0 radical (unpaired) electrons. The first-order chi connectivity index (χ1) is 14.1. The zero-order chi connectivity index (χ0) is 20.3. The Balaban J connectivity index is 1.46. The van der Waals surface area contributed by atoms with E-state index < -0.39 is 0 Å². The Morgan fingerprint density at radius 1 is 1.14 bits per heavy atom. The Kier molecular flexibility index (Phi) is 5.59. The van der Waals surface area contributed by atoms with Crippen LogP contribution in [-0.4, -0.2) is 45.3 Å². The number of aryl methyl sites for hydroxylation is 1. The lowest BCUT2D eigenvalue weighted by Gasteiger charge is -2.48. The molecule has 0 unspecified atom stereocenters. The maximum atomic E-state index is 12.6. The van der Waals surface area contributed by atoms with Crippen LogP contribution in [0.5, 0.6) is 0 Å². The zero-order valence-electron chi connectivity index (χ0n) is 17.0. The van der Waals surface area contributed by atoms with E-state index in [1.165, 1.54) is 0 Å². The van der Waals surface area contributed by atoms with Gasteiger partial charge in [-0.3, -0.25) is 19.7 Å². The number of nitriles is 1. The van der Waals surface area contributed by atoms with Gasteiger partial charge in [-0.2, -0.15) is 5.26 Å². The molecular weight excluding hydrogens is 362 g/mol. The molecule has 1 aromatic carbocycles. The van der Waals surface area contributed by atoms with Gasteiger partial charge in [0.05, 0.1) is 35.8 Å². The molecule has 1 aromatic heterocycles. The van der Waals surface area contributed by atoms with Crippen LogP contribution < -0.4 is 0 Å². The summed E-state index contributed by atoms with van der Waals surface area (Å²) < 4.78 is 0. The molecule has 1 atom stereocenters. The SMILES string of the molecule is Cc1cnc(CN2C[C@@]3(CCCN(Cc4ccccc4C#N)C3)CCC2=O)cn1. The molecule has 0 aliphatic carbocycles. The molecule has 2 aliphatic rings. The predicted octanol–water partition coefficient (Wildman–Crippen LogP) is 3.06. The van der Waals surface area contributed by atoms with Crippen molar-refractivity contribution in [3.8, 4) is 6.07 Å². The number of rotatable bonds is 4. The third kappa shape index (κ3) is 4.46. The van der Waals surface area contributed by atoms with Crippen molar-refractivity contribution >= 4 is 5.91 Å². The van der Waals surface area contributed by atoms with Crippen molar-refractivity contribution in [3.05, 3.63) is 59.2 Å². The van der Waals surface area contributed by atoms with Gasteiger partial charge < -0.3 is 4.90 Å². The zero-order valence-corrected chi connectivity index (χ0v) is 17.0. The number of likely N-dealkylation sites (tertiary alicyclic amines) is 2. The molecule has 0 saturated carbocycles. The smallest absolute Gasteiger partial charge is 0.222 e. The van der Waals surface area contributed by atoms with Crippen LogP contribution in [0.3, 0.4) is 0 Å². The number of amides is 1. The number of hydrogen-bond acceptors (Lipinski definition) is 5. The van der Waals surface area contributed by atoms with Crippen LogP contribution in [0.15, 0.2) is 36.7 Å². The van der Waals surface area contributed by atoms with Gasteiger partial charge in [-0.05, 0) is 44.4 Å². The molecular formula is C23H27N5O. The third-order valence-corrected chi connectivity index (χ3v) is 6.21. The molecule has 2 aromatic rings. The minimum absolute atomic E-state index is 0.131. The maximum Gasteiger partial charge on any atom is 0.222 e. The summed E-state index contributed by atoms with van der Waals surface area (Å²) in [6.07, 6.45) is 7.35. The monoisotopic (exact) mass is 389 g/mol. The van der Waals surface area contributed by atoms with Crippen molar-refractivity contribution in [1.29, 1.82) is 5.26 Å². The molecule has 2 aliphatic heterocycles. The van der Waals surface area contributed by atoms with E-state index in [0.717, 1.165) is 68.0 Å². The molecule has 2 fully saturated rings. The molecule has 1 spiro atoms. The van der Waals surface area contributed by atoms with E-state index in [9.17, 15) is 10.1 Å². The van der Waals surface area contributed by atoms with Crippen LogP contribution in [0.25, 0.3) is 0 Å². The van der Waals surface area contributed by atoms with E-state index in [2.05, 4.69) is 20.9 Å². The highest BCUT2D eigenvalue weighted by Crippen LogP contribution is 2.39. The first kappa shape index (κ1) is 19.5. The molecule has 3 heterocycles. The number of nitrogens with zero attached hydrogens (tertiary/aromatic N) is 5. The van der Waals surface area contributed by atoms with Gasteiger partial charge in [0.25, 0.3) is 0 Å². The number of piperidine rings is 2. The Morgan fingerprint density at radius 3 is 2.79 bits per heavy atom. The van der Waals surface area contributed by atoms with Crippen molar-refractivity contribution in [3.63, 3.8) is 0 Å². The fourth-order valence-electron chi connectivity index (χ4n) is 4.73. The molecule has 29 heavy (non-hydrogen) atoms. The van der Waals surface area contributed by atoms with Crippen LogP contribution in [-0.2, 0) is 17.9 Å². The topological polar surface area (TPSA) is 73.1 Å². The Labute approximate surface area is 172 Å². The molecule has 1 amide bonds. The maximum absolute atomic E-state index is 12.6. The minimum atomic E-state index is 0.131. The van der Waals surface area contributed by atoms with E-state index >= 15 is 0 Å². The summed E-state index contributed by atoms with van der Waals surface area (Å²) in [7, 11) is 0. The van der Waals surface area contributed by atoms with Gasteiger partial charge in [-0.25, -0.2) is 0 Å². The number of benzene rings is 1. The second-order valence-corrected chi connectivity index (χ2v) is 8.48. The minimum Gasteiger partial charge on any atom is -0.336 e. The van der Waals surface area contributed by atoms with E-state index in [1.54, 1.807) is 12.4 Å². The highest BCUT2D eigenvalue weighted by molar-refractivity contribution is 5.77. The molecule has 150 valence electrons. The van der Waals surface area contributed by atoms with Crippen molar-refractivity contribution < 1.29 is 4.79 Å². The normalized spacial score (nSPS) is 22.6. The first-order valence-corrected chi connectivity index (χ1v) is 10.3. The first-order valence-electron chi connectivity index (χ1n) is 10.3. The average Bonchev–Trinajstić information content (AvgIpc) is 2.73. The number of carbonyl (C=O) groups is 1. The summed E-state index contributed by atoms with van der Waals surface area (Å²) in [5, 5.41) is 9.39. The fraction of sp³-hybridized carbons (Fsp3) is 0.478. The van der Waals surface area contributed by atoms with Crippen molar-refractivity contribution in [2.45, 2.75) is 45.7 Å². The largest absolute Gasteiger partial charge is 0.336 e. The van der Waals surface area contributed by atoms with Crippen molar-refractivity contribution in [1.82, 2.24) is 19.8 Å². The van der Waals surface area contributed by atoms with E-state index in [4.69, 9.17) is 0 Å². The quantitative estimate of drug-likeness (QED) is 0.804. The standard InChI is InChI=1S/C23H27N5O/c1-18-12-26-21(13-25-18)15-28-17-23(9-7-22(28)29)8-4-10-27(16-23)14-20-6-3-2-5-19(20)11-24/h2-3,5-6,12-13H,4,7-10,14-17H2,1H3/t23-/m0/s1. The van der Waals surface area contributed by atoms with Crippen molar-refractivity contribution in [2.24, 2.45) is 5.41 Å². The van der Waals surface area contributed by atoms with Crippen LogP contribution >= 0.6 is 0 Å². The lowest BCUT2D eigenvalue weighted by atomic mass is 9.73. The van der Waals surface area contributed by atoms with Gasteiger partial charge in [-0.1, -0.05) is 18.2 Å². The number of aromatic nitrogens is 2. The van der Waals surface area contributed by atoms with Crippen LogP contribution in [0.2, 0.25) is 0 Å². The highest BCUT2D eigenvalue weighted by Gasteiger charge is 2.41. The van der Waals surface area contributed by atoms with Crippen LogP contribution in [0, 0.1) is 23.7 Å². The summed E-state index contributed by atoms with van der Waals surface area (Å²) in [6.45, 7) is 6.03. The third-order valence-electron chi connectivity index (χ3n) is 6.21. The summed E-state index contributed by atoms with van der Waals surface area (Å²) in [5.74, 6) is 0.213. The Bertz CT molecular complexity index is 920.